The summed E-state index contributed by atoms with van der Waals surface area (Å²) < 4.78 is 2.25. The third-order valence-electron chi connectivity index (χ3n) is 4.18. The molecule has 3 nitrogen and oxygen atoms in total. The summed E-state index contributed by atoms with van der Waals surface area (Å²) >= 11 is 0. The molecule has 0 aliphatic heterocycles. The minimum atomic E-state index is 0.549. The number of imidazole rings is 1. The molecule has 1 fully saturated rings. The summed E-state index contributed by atoms with van der Waals surface area (Å²) in [5, 5.41) is 3.62. The number of nitrogens with one attached hydrogen (secondary N) is 1. The molecule has 1 aliphatic carbocycles. The van der Waals surface area contributed by atoms with Crippen molar-refractivity contribution < 1.29 is 0 Å². The molecule has 102 valence electrons. The lowest BCUT2D eigenvalue weighted by atomic mass is 9.85. The van der Waals surface area contributed by atoms with Crippen LogP contribution in [0.2, 0.25) is 0 Å². The highest BCUT2D eigenvalue weighted by Gasteiger charge is 2.20. The first-order valence-corrected chi connectivity index (χ1v) is 7.59. The van der Waals surface area contributed by atoms with Crippen LogP contribution < -0.4 is 5.32 Å². The number of anilines is 1. The van der Waals surface area contributed by atoms with Crippen molar-refractivity contribution in [2.24, 2.45) is 5.92 Å². The summed E-state index contributed by atoms with van der Waals surface area (Å²) in [4.78, 5) is 4.46. The molecule has 0 aromatic carbocycles. The van der Waals surface area contributed by atoms with Gasteiger partial charge >= 0.3 is 0 Å². The Morgan fingerprint density at radius 2 is 2.17 bits per heavy atom. The highest BCUT2D eigenvalue weighted by molar-refractivity contribution is 5.27. The van der Waals surface area contributed by atoms with Crippen molar-refractivity contribution in [1.82, 2.24) is 9.55 Å². The Kier molecular flexibility index (Phi) is 5.09. The van der Waals surface area contributed by atoms with Gasteiger partial charge in [-0.3, -0.25) is 0 Å². The number of aromatic nitrogens is 2. The molecule has 1 aromatic rings. The van der Waals surface area contributed by atoms with E-state index in [0.717, 1.165) is 18.4 Å². The maximum absolute atomic E-state index is 4.46. The standard InChI is InChI=1S/C15H27N3/c1-3-4-11-18-12-10-16-15(18)17-13(2)14-8-6-5-7-9-14/h10,12-14H,3-9,11H2,1-2H3,(H,16,17). The summed E-state index contributed by atoms with van der Waals surface area (Å²) in [6.07, 6.45) is 13.4. The molecule has 1 saturated carbocycles. The fraction of sp³-hybridized carbons (Fsp3) is 0.800. The number of hydrogen-bond donors (Lipinski definition) is 1. The first-order chi connectivity index (χ1) is 8.81. The smallest absolute Gasteiger partial charge is 0.202 e. The Labute approximate surface area is 111 Å². The van der Waals surface area contributed by atoms with Gasteiger partial charge in [0.2, 0.25) is 5.95 Å². The second kappa shape index (κ2) is 6.81. The largest absolute Gasteiger partial charge is 0.353 e. The molecule has 1 aromatic heterocycles. The van der Waals surface area contributed by atoms with E-state index in [1.165, 1.54) is 44.9 Å². The number of unbranched alkanes of at least 4 members (excludes halogenated alkanes) is 1. The van der Waals surface area contributed by atoms with Crippen molar-refractivity contribution in [1.29, 1.82) is 0 Å². The van der Waals surface area contributed by atoms with E-state index in [2.05, 4.69) is 34.9 Å². The van der Waals surface area contributed by atoms with Gasteiger partial charge in [0.05, 0.1) is 0 Å². The topological polar surface area (TPSA) is 29.9 Å². The molecule has 1 atom stereocenters. The summed E-state index contributed by atoms with van der Waals surface area (Å²) in [5.41, 5.74) is 0. The monoisotopic (exact) mass is 249 g/mol. The van der Waals surface area contributed by atoms with Gasteiger partial charge in [-0.1, -0.05) is 32.6 Å². The van der Waals surface area contributed by atoms with E-state index in [-0.39, 0.29) is 0 Å². The third-order valence-corrected chi connectivity index (χ3v) is 4.18. The summed E-state index contributed by atoms with van der Waals surface area (Å²) in [7, 11) is 0. The Hall–Kier alpha value is -0.990. The normalized spacial score (nSPS) is 18.8. The van der Waals surface area contributed by atoms with Crippen molar-refractivity contribution in [3.8, 4) is 0 Å². The average molecular weight is 249 g/mol. The Morgan fingerprint density at radius 1 is 1.39 bits per heavy atom. The van der Waals surface area contributed by atoms with Crippen LogP contribution in [-0.4, -0.2) is 15.6 Å². The third kappa shape index (κ3) is 3.50. The van der Waals surface area contributed by atoms with Gasteiger partial charge in [0, 0.05) is 25.0 Å². The van der Waals surface area contributed by atoms with Crippen LogP contribution in [0.3, 0.4) is 0 Å². The Balaban J connectivity index is 1.89. The van der Waals surface area contributed by atoms with E-state index in [0.29, 0.717) is 6.04 Å². The predicted molar refractivity (Wildman–Crippen MR) is 76.8 cm³/mol. The lowest BCUT2D eigenvalue weighted by Crippen LogP contribution is -2.29. The first-order valence-electron chi connectivity index (χ1n) is 7.59. The highest BCUT2D eigenvalue weighted by Crippen LogP contribution is 2.27. The molecule has 2 rings (SSSR count). The van der Waals surface area contributed by atoms with Crippen LogP contribution in [0.4, 0.5) is 5.95 Å². The molecule has 1 aliphatic rings. The van der Waals surface area contributed by atoms with Gasteiger partial charge in [0.15, 0.2) is 0 Å². The number of nitrogens with zero attached hydrogens (tertiary/aromatic N) is 2. The first kappa shape index (κ1) is 13.4. The minimum absolute atomic E-state index is 0.549. The van der Waals surface area contributed by atoms with Crippen LogP contribution in [0.15, 0.2) is 12.4 Å². The maximum Gasteiger partial charge on any atom is 0.202 e. The number of rotatable bonds is 6. The van der Waals surface area contributed by atoms with Gasteiger partial charge in [0.25, 0.3) is 0 Å². The van der Waals surface area contributed by atoms with Crippen molar-refractivity contribution in [2.75, 3.05) is 5.32 Å². The van der Waals surface area contributed by atoms with Gasteiger partial charge < -0.3 is 9.88 Å². The van der Waals surface area contributed by atoms with E-state index in [1.807, 2.05) is 6.20 Å². The van der Waals surface area contributed by atoms with Crippen molar-refractivity contribution in [3.05, 3.63) is 12.4 Å². The lowest BCUT2D eigenvalue weighted by Gasteiger charge is -2.28. The number of aryl methyl sites for hydroxylation is 1. The number of hydrogen-bond acceptors (Lipinski definition) is 2. The Morgan fingerprint density at radius 3 is 2.89 bits per heavy atom. The van der Waals surface area contributed by atoms with Gasteiger partial charge in [-0.05, 0) is 32.1 Å². The zero-order valence-corrected chi connectivity index (χ0v) is 11.9. The molecular weight excluding hydrogens is 222 g/mol. The molecule has 0 saturated heterocycles. The average Bonchev–Trinajstić information content (AvgIpc) is 2.84. The maximum atomic E-state index is 4.46. The molecule has 0 radical (unpaired) electrons. The van der Waals surface area contributed by atoms with Crippen LogP contribution in [-0.2, 0) is 6.54 Å². The Bertz CT molecular complexity index is 339. The zero-order chi connectivity index (χ0) is 12.8. The molecule has 0 spiro atoms. The van der Waals surface area contributed by atoms with Gasteiger partial charge in [-0.15, -0.1) is 0 Å². The van der Waals surface area contributed by atoms with Crippen molar-refractivity contribution in [3.63, 3.8) is 0 Å². The molecule has 18 heavy (non-hydrogen) atoms. The van der Waals surface area contributed by atoms with Crippen LogP contribution in [0, 0.1) is 5.92 Å². The molecule has 0 bridgehead atoms. The fourth-order valence-electron chi connectivity index (χ4n) is 2.91. The van der Waals surface area contributed by atoms with Crippen LogP contribution in [0.25, 0.3) is 0 Å². The molecular formula is C15H27N3. The van der Waals surface area contributed by atoms with E-state index >= 15 is 0 Å². The molecule has 0 amide bonds. The van der Waals surface area contributed by atoms with Crippen LogP contribution in [0.1, 0.15) is 58.8 Å². The van der Waals surface area contributed by atoms with Gasteiger partial charge in [0.1, 0.15) is 0 Å². The molecule has 3 heteroatoms. The molecule has 1 heterocycles. The SMILES string of the molecule is CCCCn1ccnc1NC(C)C1CCCCC1. The second-order valence-corrected chi connectivity index (χ2v) is 5.63. The van der Waals surface area contributed by atoms with E-state index < -0.39 is 0 Å². The summed E-state index contributed by atoms with van der Waals surface area (Å²) in [6.45, 7) is 5.62. The highest BCUT2D eigenvalue weighted by atomic mass is 15.2. The zero-order valence-electron chi connectivity index (χ0n) is 11.9. The van der Waals surface area contributed by atoms with E-state index in [9.17, 15) is 0 Å². The van der Waals surface area contributed by atoms with Crippen molar-refractivity contribution in [2.45, 2.75) is 71.4 Å². The summed E-state index contributed by atoms with van der Waals surface area (Å²) in [5.74, 6) is 1.89. The predicted octanol–water partition coefficient (Wildman–Crippen LogP) is 4.06. The quantitative estimate of drug-likeness (QED) is 0.824. The van der Waals surface area contributed by atoms with Crippen LogP contribution >= 0.6 is 0 Å². The minimum Gasteiger partial charge on any atom is -0.353 e. The molecule has 1 N–H and O–H groups in total. The van der Waals surface area contributed by atoms with E-state index in [4.69, 9.17) is 0 Å². The van der Waals surface area contributed by atoms with Crippen molar-refractivity contribution >= 4 is 5.95 Å². The fourth-order valence-corrected chi connectivity index (χ4v) is 2.91. The second-order valence-electron chi connectivity index (χ2n) is 5.63. The van der Waals surface area contributed by atoms with Gasteiger partial charge in [-0.25, -0.2) is 4.98 Å². The summed E-state index contributed by atoms with van der Waals surface area (Å²) in [6, 6.07) is 0.549. The van der Waals surface area contributed by atoms with Crippen LogP contribution in [0.5, 0.6) is 0 Å². The molecule has 1 unspecified atom stereocenters. The van der Waals surface area contributed by atoms with Gasteiger partial charge in [-0.2, -0.15) is 0 Å². The lowest BCUT2D eigenvalue weighted by molar-refractivity contribution is 0.327. The van der Waals surface area contributed by atoms with E-state index in [1.54, 1.807) is 0 Å².